The number of ether oxygens (including phenoxy) is 1. The highest BCUT2D eigenvalue weighted by Crippen LogP contribution is 2.21. The van der Waals surface area contributed by atoms with Gasteiger partial charge in [0.2, 0.25) is 0 Å². The molecule has 88 valence electrons. The molecule has 0 spiro atoms. The monoisotopic (exact) mass is 215 g/mol. The first kappa shape index (κ1) is 12.5. The molecule has 2 atom stereocenters. The number of rotatable bonds is 5. The molecule has 0 aromatic rings. The molecule has 0 aromatic carbocycles. The van der Waals surface area contributed by atoms with Crippen molar-refractivity contribution in [2.45, 2.75) is 45.2 Å². The van der Waals surface area contributed by atoms with E-state index in [9.17, 15) is 4.79 Å². The van der Waals surface area contributed by atoms with Gasteiger partial charge >= 0.3 is 5.97 Å². The predicted molar refractivity (Wildman–Crippen MR) is 57.5 cm³/mol. The molecule has 1 heterocycles. The minimum Gasteiger partial charge on any atom is -0.466 e. The highest BCUT2D eigenvalue weighted by atomic mass is 16.5. The number of aliphatic hydroxyl groups is 1. The SMILES string of the molecule is CCOC(=O)CC(C)N1CCCC1CO. The number of hydrogen-bond acceptors (Lipinski definition) is 4. The number of aliphatic hydroxyl groups excluding tert-OH is 1. The van der Waals surface area contributed by atoms with Crippen molar-refractivity contribution < 1.29 is 14.6 Å². The average Bonchev–Trinajstić information content (AvgIpc) is 2.65. The fourth-order valence-corrected chi connectivity index (χ4v) is 2.21. The van der Waals surface area contributed by atoms with Crippen LogP contribution >= 0.6 is 0 Å². The summed E-state index contributed by atoms with van der Waals surface area (Å²) in [5.41, 5.74) is 0. The Labute approximate surface area is 91.2 Å². The molecule has 1 N–H and O–H groups in total. The third-order valence-corrected chi connectivity index (χ3v) is 2.97. The van der Waals surface area contributed by atoms with Gasteiger partial charge in [-0.05, 0) is 33.2 Å². The summed E-state index contributed by atoms with van der Waals surface area (Å²) >= 11 is 0. The summed E-state index contributed by atoms with van der Waals surface area (Å²) in [5, 5.41) is 9.16. The Bertz CT molecular complexity index is 208. The largest absolute Gasteiger partial charge is 0.466 e. The van der Waals surface area contributed by atoms with Crippen molar-refractivity contribution >= 4 is 5.97 Å². The molecule has 0 saturated carbocycles. The molecular formula is C11H21NO3. The number of carbonyl (C=O) groups excluding carboxylic acids is 1. The van der Waals surface area contributed by atoms with Crippen molar-refractivity contribution in [2.75, 3.05) is 19.8 Å². The van der Waals surface area contributed by atoms with Crippen LogP contribution in [0.25, 0.3) is 0 Å². The van der Waals surface area contributed by atoms with E-state index in [0.29, 0.717) is 13.0 Å². The van der Waals surface area contributed by atoms with Crippen molar-refractivity contribution in [3.8, 4) is 0 Å². The lowest BCUT2D eigenvalue weighted by Crippen LogP contribution is -2.40. The van der Waals surface area contributed by atoms with Gasteiger partial charge in [0.15, 0.2) is 0 Å². The summed E-state index contributed by atoms with van der Waals surface area (Å²) in [4.78, 5) is 13.5. The Hall–Kier alpha value is -0.610. The van der Waals surface area contributed by atoms with Crippen LogP contribution in [0.1, 0.15) is 33.1 Å². The maximum atomic E-state index is 11.3. The number of likely N-dealkylation sites (tertiary alicyclic amines) is 1. The molecule has 0 aromatic heterocycles. The van der Waals surface area contributed by atoms with Crippen LogP contribution < -0.4 is 0 Å². The minimum atomic E-state index is -0.145. The molecule has 1 saturated heterocycles. The lowest BCUT2D eigenvalue weighted by molar-refractivity contribution is -0.144. The van der Waals surface area contributed by atoms with Crippen LogP contribution in [-0.4, -0.2) is 47.8 Å². The zero-order chi connectivity index (χ0) is 11.3. The van der Waals surface area contributed by atoms with Gasteiger partial charge < -0.3 is 9.84 Å². The molecule has 0 amide bonds. The van der Waals surface area contributed by atoms with E-state index in [2.05, 4.69) is 4.90 Å². The Morgan fingerprint density at radius 1 is 1.67 bits per heavy atom. The molecule has 1 fully saturated rings. The predicted octanol–water partition coefficient (Wildman–Crippen LogP) is 0.785. The second-order valence-corrected chi connectivity index (χ2v) is 4.07. The van der Waals surface area contributed by atoms with Crippen molar-refractivity contribution in [3.63, 3.8) is 0 Å². The maximum Gasteiger partial charge on any atom is 0.307 e. The molecule has 15 heavy (non-hydrogen) atoms. The van der Waals surface area contributed by atoms with E-state index in [-0.39, 0.29) is 24.7 Å². The van der Waals surface area contributed by atoms with Crippen molar-refractivity contribution in [1.82, 2.24) is 4.90 Å². The first-order chi connectivity index (χ1) is 7.19. The Kier molecular flexibility index (Phi) is 5.05. The standard InChI is InChI=1S/C11H21NO3/c1-3-15-11(14)7-9(2)12-6-4-5-10(12)8-13/h9-10,13H,3-8H2,1-2H3. The summed E-state index contributed by atoms with van der Waals surface area (Å²) < 4.78 is 4.91. The van der Waals surface area contributed by atoms with Gasteiger partial charge in [0.05, 0.1) is 19.6 Å². The lowest BCUT2D eigenvalue weighted by Gasteiger charge is -2.28. The summed E-state index contributed by atoms with van der Waals surface area (Å²) in [5.74, 6) is -0.145. The van der Waals surface area contributed by atoms with Gasteiger partial charge in [0.1, 0.15) is 0 Å². The van der Waals surface area contributed by atoms with Crippen molar-refractivity contribution in [2.24, 2.45) is 0 Å². The normalized spacial score (nSPS) is 24.1. The topological polar surface area (TPSA) is 49.8 Å². The fourth-order valence-electron chi connectivity index (χ4n) is 2.21. The maximum absolute atomic E-state index is 11.3. The van der Waals surface area contributed by atoms with Crippen LogP contribution in [0, 0.1) is 0 Å². The van der Waals surface area contributed by atoms with Gasteiger partial charge in [0.25, 0.3) is 0 Å². The Morgan fingerprint density at radius 3 is 3.00 bits per heavy atom. The van der Waals surface area contributed by atoms with Gasteiger partial charge in [-0.2, -0.15) is 0 Å². The summed E-state index contributed by atoms with van der Waals surface area (Å²) in [7, 11) is 0. The van der Waals surface area contributed by atoms with E-state index in [4.69, 9.17) is 9.84 Å². The van der Waals surface area contributed by atoms with Crippen LogP contribution in [0.4, 0.5) is 0 Å². The number of nitrogens with zero attached hydrogens (tertiary/aromatic N) is 1. The third kappa shape index (κ3) is 3.47. The zero-order valence-electron chi connectivity index (χ0n) is 9.61. The van der Waals surface area contributed by atoms with Crippen molar-refractivity contribution in [3.05, 3.63) is 0 Å². The quantitative estimate of drug-likeness (QED) is 0.689. The lowest BCUT2D eigenvalue weighted by atomic mass is 10.1. The molecule has 2 unspecified atom stereocenters. The summed E-state index contributed by atoms with van der Waals surface area (Å²) in [6, 6.07) is 0.401. The molecule has 4 nitrogen and oxygen atoms in total. The van der Waals surface area contributed by atoms with Crippen LogP contribution in [0.2, 0.25) is 0 Å². The van der Waals surface area contributed by atoms with Crippen LogP contribution in [0.3, 0.4) is 0 Å². The second-order valence-electron chi connectivity index (χ2n) is 4.07. The molecular weight excluding hydrogens is 194 g/mol. The molecule has 1 aliphatic rings. The van der Waals surface area contributed by atoms with Gasteiger partial charge in [-0.25, -0.2) is 0 Å². The second kappa shape index (κ2) is 6.08. The molecule has 0 aliphatic carbocycles. The Morgan fingerprint density at radius 2 is 2.40 bits per heavy atom. The average molecular weight is 215 g/mol. The summed E-state index contributed by atoms with van der Waals surface area (Å²) in [6.07, 6.45) is 2.56. The van der Waals surface area contributed by atoms with E-state index >= 15 is 0 Å². The smallest absolute Gasteiger partial charge is 0.307 e. The molecule has 0 bridgehead atoms. The van der Waals surface area contributed by atoms with E-state index in [0.717, 1.165) is 19.4 Å². The molecule has 1 rings (SSSR count). The van der Waals surface area contributed by atoms with E-state index in [1.807, 2.05) is 13.8 Å². The van der Waals surface area contributed by atoms with Crippen molar-refractivity contribution in [1.29, 1.82) is 0 Å². The van der Waals surface area contributed by atoms with Crippen LogP contribution in [0.15, 0.2) is 0 Å². The number of esters is 1. The van der Waals surface area contributed by atoms with E-state index in [1.54, 1.807) is 0 Å². The third-order valence-electron chi connectivity index (χ3n) is 2.97. The zero-order valence-corrected chi connectivity index (χ0v) is 9.61. The van der Waals surface area contributed by atoms with Crippen LogP contribution in [-0.2, 0) is 9.53 Å². The van der Waals surface area contributed by atoms with Gasteiger partial charge in [-0.15, -0.1) is 0 Å². The highest BCUT2D eigenvalue weighted by Gasteiger charge is 2.28. The fraction of sp³-hybridized carbons (Fsp3) is 0.909. The highest BCUT2D eigenvalue weighted by molar-refractivity contribution is 5.70. The Balaban J connectivity index is 2.38. The summed E-state index contributed by atoms with van der Waals surface area (Å²) in [6.45, 7) is 5.44. The number of hydrogen-bond donors (Lipinski definition) is 1. The molecule has 4 heteroatoms. The minimum absolute atomic E-state index is 0.145. The van der Waals surface area contributed by atoms with E-state index in [1.165, 1.54) is 0 Å². The van der Waals surface area contributed by atoms with Crippen LogP contribution in [0.5, 0.6) is 0 Å². The molecule has 0 radical (unpaired) electrons. The first-order valence-corrected chi connectivity index (χ1v) is 5.71. The first-order valence-electron chi connectivity index (χ1n) is 5.71. The van der Waals surface area contributed by atoms with E-state index < -0.39 is 0 Å². The van der Waals surface area contributed by atoms with Gasteiger partial charge in [0, 0.05) is 12.1 Å². The van der Waals surface area contributed by atoms with Gasteiger partial charge in [-0.3, -0.25) is 9.69 Å². The molecule has 1 aliphatic heterocycles. The number of carbonyl (C=O) groups is 1. The van der Waals surface area contributed by atoms with Gasteiger partial charge in [-0.1, -0.05) is 0 Å².